The second-order valence-electron chi connectivity index (χ2n) is 10.9. The molecule has 0 aliphatic heterocycles. The largest absolute Gasteiger partial charge is 0.447 e. The minimum atomic E-state index is -1.52. The molecule has 0 aromatic heterocycles. The Kier molecular flexibility index (Phi) is 5.84. The Morgan fingerprint density at radius 1 is 1.14 bits per heavy atom. The number of hydrogen-bond acceptors (Lipinski definition) is 4. The molecule has 4 aliphatic carbocycles. The van der Waals surface area contributed by atoms with Crippen LogP contribution < -0.4 is 0 Å². The number of fused-ring (bicyclic) bond motifs is 5. The number of alkyl halides is 3. The number of carbonyl (C=O) groups is 3. The van der Waals surface area contributed by atoms with Crippen LogP contribution in [0.25, 0.3) is 0 Å². The second kappa shape index (κ2) is 8.27. The summed E-state index contributed by atoms with van der Waals surface area (Å²) in [5.41, 5.74) is -2.10. The van der Waals surface area contributed by atoms with Gasteiger partial charge in [-0.05, 0) is 68.2 Å². The Hall–Kier alpha value is -1.98. The number of Topliss-reactive ketones (excluding diaryl/α,β-unsaturated/α-hetero) is 1. The van der Waals surface area contributed by atoms with Crippen LogP contribution in [0.1, 0.15) is 56.3 Å². The SMILES string of the molecule is C[C@]12C=CC(=O)C=C1CC[C@H]1[C@@H]3CC[C@](OC(=O)c4ccccc4)(C(=O)CCl)[C@@]3(C)CC(F)[C@@]12Cl. The fraction of sp³-hybridized carbons (Fsp3) is 0.536. The highest BCUT2D eigenvalue weighted by Crippen LogP contribution is 2.71. The maximum absolute atomic E-state index is 16.5. The fourth-order valence-corrected chi connectivity index (χ4v) is 8.45. The molecule has 186 valence electrons. The summed E-state index contributed by atoms with van der Waals surface area (Å²) in [4.78, 5) is 37.4. The van der Waals surface area contributed by atoms with Crippen LogP contribution in [0.3, 0.4) is 0 Å². The Bertz CT molecular complexity index is 1150. The molecule has 0 N–H and O–H groups in total. The van der Waals surface area contributed by atoms with E-state index in [2.05, 4.69) is 0 Å². The number of carbonyl (C=O) groups excluding carboxylic acids is 3. The molecular formula is C28H29Cl2FO4. The lowest BCUT2D eigenvalue weighted by molar-refractivity contribution is -0.165. The first-order valence-electron chi connectivity index (χ1n) is 12.2. The summed E-state index contributed by atoms with van der Waals surface area (Å²) < 4.78 is 22.6. The molecule has 1 unspecified atom stereocenters. The van der Waals surface area contributed by atoms with Crippen LogP contribution >= 0.6 is 23.2 Å². The van der Waals surface area contributed by atoms with E-state index in [-0.39, 0.29) is 36.3 Å². The predicted octanol–water partition coefficient (Wildman–Crippen LogP) is 6.01. The van der Waals surface area contributed by atoms with Crippen LogP contribution in [-0.4, -0.2) is 40.1 Å². The zero-order valence-electron chi connectivity index (χ0n) is 19.9. The van der Waals surface area contributed by atoms with E-state index < -0.39 is 39.2 Å². The van der Waals surface area contributed by atoms with Crippen molar-refractivity contribution < 1.29 is 23.5 Å². The molecule has 3 fully saturated rings. The summed E-state index contributed by atoms with van der Waals surface area (Å²) in [5.74, 6) is -1.85. The van der Waals surface area contributed by atoms with E-state index in [9.17, 15) is 14.4 Å². The van der Waals surface area contributed by atoms with Crippen LogP contribution in [-0.2, 0) is 14.3 Å². The number of esters is 1. The van der Waals surface area contributed by atoms with E-state index in [1.54, 1.807) is 42.5 Å². The monoisotopic (exact) mass is 518 g/mol. The molecule has 0 spiro atoms. The summed E-state index contributed by atoms with van der Waals surface area (Å²) >= 11 is 13.4. The molecule has 4 nitrogen and oxygen atoms in total. The highest BCUT2D eigenvalue weighted by atomic mass is 35.5. The Morgan fingerprint density at radius 3 is 2.54 bits per heavy atom. The zero-order valence-corrected chi connectivity index (χ0v) is 21.4. The van der Waals surface area contributed by atoms with Crippen molar-refractivity contribution in [3.8, 4) is 0 Å². The molecule has 5 rings (SSSR count). The van der Waals surface area contributed by atoms with Gasteiger partial charge < -0.3 is 4.74 Å². The van der Waals surface area contributed by atoms with Crippen molar-refractivity contribution in [3.05, 3.63) is 59.7 Å². The summed E-state index contributed by atoms with van der Waals surface area (Å²) in [6.45, 7) is 3.78. The van der Waals surface area contributed by atoms with E-state index in [1.165, 1.54) is 6.08 Å². The summed E-state index contributed by atoms with van der Waals surface area (Å²) in [6, 6.07) is 8.50. The van der Waals surface area contributed by atoms with Gasteiger partial charge in [0.1, 0.15) is 6.17 Å². The van der Waals surface area contributed by atoms with Crippen LogP contribution in [0.2, 0.25) is 0 Å². The van der Waals surface area contributed by atoms with Gasteiger partial charge in [-0.1, -0.05) is 43.7 Å². The Morgan fingerprint density at radius 2 is 1.86 bits per heavy atom. The van der Waals surface area contributed by atoms with Crippen LogP contribution in [0.4, 0.5) is 4.39 Å². The average molecular weight is 519 g/mol. The maximum Gasteiger partial charge on any atom is 0.339 e. The summed E-state index contributed by atoms with van der Waals surface area (Å²) in [6.07, 6.45) is 5.40. The molecule has 0 saturated heterocycles. The third-order valence-electron chi connectivity index (χ3n) is 9.57. The van der Waals surface area contributed by atoms with Crippen LogP contribution in [0.15, 0.2) is 54.1 Å². The van der Waals surface area contributed by atoms with Gasteiger partial charge in [-0.15, -0.1) is 23.2 Å². The normalized spacial score (nSPS) is 41.9. The third-order valence-corrected chi connectivity index (χ3v) is 10.7. The molecular weight excluding hydrogens is 490 g/mol. The highest BCUT2D eigenvalue weighted by molar-refractivity contribution is 6.29. The number of halogens is 3. The van der Waals surface area contributed by atoms with Gasteiger partial charge in [0.2, 0.25) is 0 Å². The molecule has 35 heavy (non-hydrogen) atoms. The first kappa shape index (κ1) is 24.7. The van der Waals surface area contributed by atoms with Crippen molar-refractivity contribution in [1.29, 1.82) is 0 Å². The molecule has 0 bridgehead atoms. The molecule has 3 saturated carbocycles. The number of allylic oxidation sites excluding steroid dienone is 4. The zero-order chi connectivity index (χ0) is 25.2. The average Bonchev–Trinajstić information content (AvgIpc) is 3.13. The predicted molar refractivity (Wildman–Crippen MR) is 132 cm³/mol. The van der Waals surface area contributed by atoms with Crippen molar-refractivity contribution in [2.75, 3.05) is 5.88 Å². The number of rotatable bonds is 4. The van der Waals surface area contributed by atoms with Crippen molar-refractivity contribution in [3.63, 3.8) is 0 Å². The van der Waals surface area contributed by atoms with Gasteiger partial charge >= 0.3 is 5.97 Å². The van der Waals surface area contributed by atoms with Crippen molar-refractivity contribution in [1.82, 2.24) is 0 Å². The first-order chi connectivity index (χ1) is 16.5. The molecule has 7 atom stereocenters. The summed E-state index contributed by atoms with van der Waals surface area (Å²) in [5, 5.41) is 0. The van der Waals surface area contributed by atoms with Gasteiger partial charge in [0.25, 0.3) is 0 Å². The lowest BCUT2D eigenvalue weighted by Crippen LogP contribution is -2.68. The lowest BCUT2D eigenvalue weighted by atomic mass is 9.46. The fourth-order valence-electron chi connectivity index (χ4n) is 7.72. The van der Waals surface area contributed by atoms with Crippen molar-refractivity contribution in [2.24, 2.45) is 22.7 Å². The Labute approximate surface area is 214 Å². The number of ketones is 2. The molecule has 1 aromatic carbocycles. The summed E-state index contributed by atoms with van der Waals surface area (Å²) in [7, 11) is 0. The molecule has 0 radical (unpaired) electrons. The lowest BCUT2D eigenvalue weighted by Gasteiger charge is -2.63. The number of hydrogen-bond donors (Lipinski definition) is 0. The molecule has 7 heteroatoms. The van der Waals surface area contributed by atoms with Crippen LogP contribution in [0, 0.1) is 22.7 Å². The van der Waals surface area contributed by atoms with Crippen molar-refractivity contribution >= 4 is 40.7 Å². The Balaban J connectivity index is 1.57. The standard InChI is InChI=1S/C28H29Cl2FO4/c1-25-12-10-19(32)14-18(25)8-9-21-20-11-13-27(23(33)16-29,26(20,2)15-22(31)28(21,25)30)35-24(34)17-6-4-3-5-7-17/h3-7,10,12,14,20-22H,8-9,11,13,15-16H2,1-2H3/t20-,21-,22?,25-,26-,27-,28-/m0/s1. The molecule has 0 amide bonds. The van der Waals surface area contributed by atoms with E-state index in [0.717, 1.165) is 5.57 Å². The second-order valence-corrected chi connectivity index (χ2v) is 11.8. The quantitative estimate of drug-likeness (QED) is 0.361. The van der Waals surface area contributed by atoms with Gasteiger partial charge in [-0.25, -0.2) is 9.18 Å². The van der Waals surface area contributed by atoms with E-state index in [1.807, 2.05) is 13.8 Å². The maximum atomic E-state index is 16.5. The van der Waals surface area contributed by atoms with Gasteiger partial charge in [0, 0.05) is 10.8 Å². The topological polar surface area (TPSA) is 60.4 Å². The van der Waals surface area contributed by atoms with Gasteiger partial charge in [0.15, 0.2) is 17.2 Å². The molecule has 0 heterocycles. The van der Waals surface area contributed by atoms with E-state index in [4.69, 9.17) is 27.9 Å². The minimum absolute atomic E-state index is 0.0347. The van der Waals surface area contributed by atoms with Gasteiger partial charge in [0.05, 0.1) is 16.3 Å². The minimum Gasteiger partial charge on any atom is -0.447 e. The highest BCUT2D eigenvalue weighted by Gasteiger charge is 2.74. The number of benzene rings is 1. The van der Waals surface area contributed by atoms with Crippen LogP contribution in [0.5, 0.6) is 0 Å². The van der Waals surface area contributed by atoms with Gasteiger partial charge in [-0.2, -0.15) is 0 Å². The van der Waals surface area contributed by atoms with Gasteiger partial charge in [-0.3, -0.25) is 9.59 Å². The third kappa shape index (κ3) is 3.20. The first-order valence-corrected chi connectivity index (χ1v) is 13.1. The number of ether oxygens (including phenoxy) is 1. The smallest absolute Gasteiger partial charge is 0.339 e. The van der Waals surface area contributed by atoms with E-state index in [0.29, 0.717) is 24.8 Å². The van der Waals surface area contributed by atoms with E-state index >= 15 is 4.39 Å². The molecule has 4 aliphatic rings. The molecule has 1 aromatic rings. The van der Waals surface area contributed by atoms with Crippen molar-refractivity contribution in [2.45, 2.75) is 62.6 Å².